The van der Waals surface area contributed by atoms with Crippen LogP contribution in [0.25, 0.3) is 0 Å². The smallest absolute Gasteiger partial charge is 0.333 e. The maximum Gasteiger partial charge on any atom is 0.502 e. The van der Waals surface area contributed by atoms with Crippen LogP contribution in [0.2, 0.25) is 0 Å². The second kappa shape index (κ2) is 8.89. The van der Waals surface area contributed by atoms with Crippen LogP contribution in [0.5, 0.6) is 0 Å². The van der Waals surface area contributed by atoms with Crippen molar-refractivity contribution in [3.8, 4) is 0 Å². The lowest BCUT2D eigenvalue weighted by atomic mass is 11.6. The minimum atomic E-state index is -1.87. The first kappa shape index (κ1) is 9.39. The molecule has 0 heterocycles. The number of hydrogen-bond acceptors (Lipinski definition) is 2. The van der Waals surface area contributed by atoms with Gasteiger partial charge in [-0.1, -0.05) is 0 Å². The van der Waals surface area contributed by atoms with Gasteiger partial charge in [0.05, 0.1) is 0 Å². The molecule has 0 rings (SSSR count). The largest absolute Gasteiger partial charge is 0.502 e. The van der Waals surface area contributed by atoms with Gasteiger partial charge in [-0.15, -0.1) is 0 Å². The van der Waals surface area contributed by atoms with Crippen molar-refractivity contribution in [2.75, 3.05) is 13.7 Å². The average molecular weight is 110 g/mol. The van der Waals surface area contributed by atoms with Crippen molar-refractivity contribution in [2.45, 2.75) is 0 Å². The van der Waals surface area contributed by atoms with Gasteiger partial charge in [0.1, 0.15) is 0 Å². The highest BCUT2D eigenvalue weighted by molar-refractivity contribution is 7.36. The van der Waals surface area contributed by atoms with Gasteiger partial charge in [0, 0.05) is 0 Å². The molecule has 3 nitrogen and oxygen atoms in total. The van der Waals surface area contributed by atoms with Crippen molar-refractivity contribution >= 4 is 8.03 Å². The molecule has 0 aromatic heterocycles. The minimum Gasteiger partial charge on any atom is -0.333 e. The molecule has 0 saturated carbocycles. The van der Waals surface area contributed by atoms with Crippen LogP contribution in [0.4, 0.5) is 0 Å². The Morgan fingerprint density at radius 1 is 1.67 bits per heavy atom. The molecular formula is C2H9NO2P+. The Labute approximate surface area is 38.0 Å². The monoisotopic (exact) mass is 110 g/mol. The van der Waals surface area contributed by atoms with Gasteiger partial charge < -0.3 is 5.73 Å². The molecule has 0 radical (unpaired) electrons. The van der Waals surface area contributed by atoms with Gasteiger partial charge >= 0.3 is 8.03 Å². The molecule has 1 unspecified atom stereocenters. The zero-order chi connectivity index (χ0) is 5.58. The van der Waals surface area contributed by atoms with Crippen LogP contribution < -0.4 is 5.73 Å². The van der Waals surface area contributed by atoms with E-state index >= 15 is 0 Å². The first-order chi connectivity index (χ1) is 2.73. The van der Waals surface area contributed by atoms with Crippen molar-refractivity contribution in [3.63, 3.8) is 0 Å². The van der Waals surface area contributed by atoms with E-state index in [2.05, 4.69) is 5.73 Å². The van der Waals surface area contributed by atoms with Crippen molar-refractivity contribution in [1.29, 1.82) is 0 Å². The van der Waals surface area contributed by atoms with Gasteiger partial charge in [-0.05, 0) is 11.6 Å². The molecule has 0 fully saturated rings. The predicted molar refractivity (Wildman–Crippen MR) is 25.9 cm³/mol. The lowest BCUT2D eigenvalue weighted by Crippen LogP contribution is -1.69. The maximum atomic E-state index is 9.15. The van der Waals surface area contributed by atoms with Crippen LogP contribution in [0.1, 0.15) is 0 Å². The van der Waals surface area contributed by atoms with E-state index in [4.69, 9.17) is 9.46 Å². The lowest BCUT2D eigenvalue weighted by Gasteiger charge is -1.36. The Kier molecular flexibility index (Phi) is 13.9. The van der Waals surface area contributed by atoms with Crippen molar-refractivity contribution < 1.29 is 9.46 Å². The van der Waals surface area contributed by atoms with Gasteiger partial charge in [-0.3, -0.25) is 0 Å². The average Bonchev–Trinajstić information content (AvgIpc) is 1.41. The summed E-state index contributed by atoms with van der Waals surface area (Å²) in [7, 11) is -0.370. The van der Waals surface area contributed by atoms with Crippen LogP contribution in [0.15, 0.2) is 0 Å². The predicted octanol–water partition coefficient (Wildman–Crippen LogP) is -0.0742. The molecular weight excluding hydrogens is 101 g/mol. The van der Waals surface area contributed by atoms with Gasteiger partial charge in [0.15, 0.2) is 6.66 Å². The minimum absolute atomic E-state index is 1.23. The van der Waals surface area contributed by atoms with Crippen molar-refractivity contribution in [3.05, 3.63) is 0 Å². The molecule has 6 heavy (non-hydrogen) atoms. The molecule has 0 aliphatic heterocycles. The fourth-order valence-corrected chi connectivity index (χ4v) is 0. The molecule has 0 aromatic carbocycles. The summed E-state index contributed by atoms with van der Waals surface area (Å²) in [5.74, 6) is 0. The molecule has 0 spiro atoms. The quantitative estimate of drug-likeness (QED) is 0.429. The number of nitrogens with two attached hydrogens (primary N) is 1. The normalized spacial score (nSPS) is 8.33. The summed E-state index contributed by atoms with van der Waals surface area (Å²) < 4.78 is 9.15. The molecule has 1 atom stereocenters. The lowest BCUT2D eigenvalue weighted by molar-refractivity contribution is 0.509. The Hall–Kier alpha value is 0.0200. The van der Waals surface area contributed by atoms with Gasteiger partial charge in [-0.25, -0.2) is 0 Å². The Morgan fingerprint density at radius 2 is 1.67 bits per heavy atom. The highest BCUT2D eigenvalue weighted by Crippen LogP contribution is 1.99. The van der Waals surface area contributed by atoms with Crippen LogP contribution >= 0.6 is 8.03 Å². The fraction of sp³-hybridized carbons (Fsp3) is 1.00. The van der Waals surface area contributed by atoms with Crippen LogP contribution in [-0.4, -0.2) is 18.6 Å². The van der Waals surface area contributed by atoms with Crippen LogP contribution in [0, 0.1) is 0 Å². The molecule has 0 amide bonds. The highest BCUT2D eigenvalue weighted by atomic mass is 31.1. The van der Waals surface area contributed by atoms with Gasteiger partial charge in [-0.2, -0.15) is 4.89 Å². The summed E-state index contributed by atoms with van der Waals surface area (Å²) >= 11 is 0. The van der Waals surface area contributed by atoms with Gasteiger partial charge in [0.25, 0.3) is 0 Å². The molecule has 3 N–H and O–H groups in total. The highest BCUT2D eigenvalue weighted by Gasteiger charge is 1.86. The Balaban J connectivity index is 0. The molecule has 0 saturated heterocycles. The van der Waals surface area contributed by atoms with E-state index in [0.29, 0.717) is 0 Å². The summed E-state index contributed by atoms with van der Waals surface area (Å²) in [6, 6.07) is 0. The van der Waals surface area contributed by atoms with Crippen LogP contribution in [-0.2, 0) is 4.57 Å². The van der Waals surface area contributed by atoms with E-state index in [9.17, 15) is 0 Å². The molecule has 0 aliphatic carbocycles. The van der Waals surface area contributed by atoms with E-state index in [1.807, 2.05) is 0 Å². The summed E-state index contributed by atoms with van der Waals surface area (Å²) in [5.41, 5.74) is 4.50. The second-order valence-corrected chi connectivity index (χ2v) is 1.39. The van der Waals surface area contributed by atoms with Crippen molar-refractivity contribution in [2.24, 2.45) is 5.73 Å². The van der Waals surface area contributed by atoms with Crippen LogP contribution in [0.3, 0.4) is 0 Å². The summed E-state index contributed by atoms with van der Waals surface area (Å²) in [6.07, 6.45) is 0. The molecule has 0 bridgehead atoms. The van der Waals surface area contributed by atoms with E-state index < -0.39 is 8.03 Å². The summed E-state index contributed by atoms with van der Waals surface area (Å²) in [4.78, 5) is 7.56. The summed E-state index contributed by atoms with van der Waals surface area (Å²) in [6.45, 7) is 1.23. The molecule has 0 aliphatic rings. The first-order valence-electron chi connectivity index (χ1n) is 1.41. The van der Waals surface area contributed by atoms with Crippen molar-refractivity contribution in [1.82, 2.24) is 0 Å². The zero-order valence-corrected chi connectivity index (χ0v) is 4.77. The maximum absolute atomic E-state index is 9.15. The molecule has 38 valence electrons. The standard InChI is InChI=1S/CH5N.CH3O2P/c1-2;1-4(2)3/h2H2,1H3;1H3/p+1. The molecule has 0 aromatic rings. The van der Waals surface area contributed by atoms with E-state index in [1.165, 1.54) is 13.7 Å². The third-order valence-corrected chi connectivity index (χ3v) is 0. The SMILES string of the molecule is CN.C[P+](=O)O. The third-order valence-electron chi connectivity index (χ3n) is 0. The fourth-order valence-electron chi connectivity index (χ4n) is 0. The third kappa shape index (κ3) is 91700. The van der Waals surface area contributed by atoms with E-state index in [-0.39, 0.29) is 0 Å². The Morgan fingerprint density at radius 3 is 1.67 bits per heavy atom. The second-order valence-electron chi connectivity index (χ2n) is 0.464. The summed E-state index contributed by atoms with van der Waals surface area (Å²) in [5, 5.41) is 0. The zero-order valence-electron chi connectivity index (χ0n) is 3.88. The van der Waals surface area contributed by atoms with E-state index in [1.54, 1.807) is 0 Å². The first-order valence-corrected chi connectivity index (χ1v) is 3.07. The topological polar surface area (TPSA) is 63.3 Å². The van der Waals surface area contributed by atoms with Gasteiger partial charge in [0.2, 0.25) is 0 Å². The number of rotatable bonds is 0. The molecule has 4 heteroatoms. The van der Waals surface area contributed by atoms with E-state index in [0.717, 1.165) is 0 Å². The number of hydrogen-bond donors (Lipinski definition) is 2. The Bertz CT molecular complexity index is 34.5.